The van der Waals surface area contributed by atoms with Gasteiger partial charge in [0.1, 0.15) is 0 Å². The van der Waals surface area contributed by atoms with Crippen LogP contribution in [0.25, 0.3) is 0 Å². The van der Waals surface area contributed by atoms with Gasteiger partial charge in [-0.3, -0.25) is 0 Å². The van der Waals surface area contributed by atoms with Crippen LogP contribution >= 0.6 is 0 Å². The van der Waals surface area contributed by atoms with Gasteiger partial charge in [0.2, 0.25) is 0 Å². The van der Waals surface area contributed by atoms with Gasteiger partial charge >= 0.3 is 0 Å². The standard InChI is InChI=1S/C10H22O3/c1-7(11)6-13-8(2)9(12)10(3,4)5/h7-9,11-12H,6H2,1-5H3. The average molecular weight is 190 g/mol. The Balaban J connectivity index is 3.90. The van der Waals surface area contributed by atoms with Gasteiger partial charge in [-0.25, -0.2) is 0 Å². The van der Waals surface area contributed by atoms with E-state index in [0.717, 1.165) is 0 Å². The van der Waals surface area contributed by atoms with Crippen molar-refractivity contribution in [2.24, 2.45) is 5.41 Å². The maximum Gasteiger partial charge on any atom is 0.0847 e. The summed E-state index contributed by atoms with van der Waals surface area (Å²) in [6.45, 7) is 9.63. The van der Waals surface area contributed by atoms with Crippen LogP contribution in [0.1, 0.15) is 34.6 Å². The SMILES string of the molecule is CC(O)COC(C)C(O)C(C)(C)C. The quantitative estimate of drug-likeness (QED) is 0.700. The van der Waals surface area contributed by atoms with Crippen molar-refractivity contribution in [3.05, 3.63) is 0 Å². The minimum atomic E-state index is -0.508. The number of hydrogen-bond donors (Lipinski definition) is 2. The first-order chi connectivity index (χ1) is 5.75. The van der Waals surface area contributed by atoms with E-state index in [1.165, 1.54) is 0 Å². The van der Waals surface area contributed by atoms with Gasteiger partial charge in [-0.2, -0.15) is 0 Å². The molecule has 0 aliphatic carbocycles. The minimum Gasteiger partial charge on any atom is -0.391 e. The molecular weight excluding hydrogens is 168 g/mol. The summed E-state index contributed by atoms with van der Waals surface area (Å²) in [6, 6.07) is 0. The third-order valence-electron chi connectivity index (χ3n) is 1.93. The Morgan fingerprint density at radius 3 is 1.92 bits per heavy atom. The van der Waals surface area contributed by atoms with Gasteiger partial charge in [0.05, 0.1) is 24.9 Å². The molecule has 0 aliphatic rings. The van der Waals surface area contributed by atoms with E-state index in [-0.39, 0.29) is 18.1 Å². The summed E-state index contributed by atoms with van der Waals surface area (Å²) in [5, 5.41) is 18.7. The lowest BCUT2D eigenvalue weighted by Crippen LogP contribution is -2.38. The largest absolute Gasteiger partial charge is 0.391 e. The fourth-order valence-electron chi connectivity index (χ4n) is 1.09. The zero-order valence-corrected chi connectivity index (χ0v) is 9.24. The molecule has 0 aliphatic heterocycles. The highest BCUT2D eigenvalue weighted by molar-refractivity contribution is 4.77. The summed E-state index contributed by atoms with van der Waals surface area (Å²) in [4.78, 5) is 0. The monoisotopic (exact) mass is 190 g/mol. The van der Waals surface area contributed by atoms with Crippen molar-refractivity contribution < 1.29 is 14.9 Å². The number of ether oxygens (including phenoxy) is 1. The molecule has 0 aromatic carbocycles. The van der Waals surface area contributed by atoms with Crippen molar-refractivity contribution in [3.63, 3.8) is 0 Å². The molecule has 80 valence electrons. The maximum absolute atomic E-state index is 9.76. The van der Waals surface area contributed by atoms with Crippen molar-refractivity contribution in [3.8, 4) is 0 Å². The second-order valence-electron chi connectivity index (χ2n) is 4.70. The third kappa shape index (κ3) is 5.24. The smallest absolute Gasteiger partial charge is 0.0847 e. The first-order valence-corrected chi connectivity index (χ1v) is 4.73. The molecular formula is C10H22O3. The van der Waals surface area contributed by atoms with Crippen LogP contribution in [0, 0.1) is 5.41 Å². The summed E-state index contributed by atoms with van der Waals surface area (Å²) >= 11 is 0. The van der Waals surface area contributed by atoms with Crippen LogP contribution in [0.3, 0.4) is 0 Å². The molecule has 0 aromatic rings. The molecule has 2 N–H and O–H groups in total. The lowest BCUT2D eigenvalue weighted by atomic mass is 9.86. The molecule has 3 nitrogen and oxygen atoms in total. The zero-order valence-electron chi connectivity index (χ0n) is 9.24. The lowest BCUT2D eigenvalue weighted by molar-refractivity contribution is -0.0894. The molecule has 0 bridgehead atoms. The predicted molar refractivity (Wildman–Crippen MR) is 52.6 cm³/mol. The van der Waals surface area contributed by atoms with E-state index in [0.29, 0.717) is 0 Å². The van der Waals surface area contributed by atoms with E-state index in [1.807, 2.05) is 27.7 Å². The topological polar surface area (TPSA) is 49.7 Å². The Morgan fingerprint density at radius 2 is 1.62 bits per heavy atom. The summed E-state index contributed by atoms with van der Waals surface area (Å²) in [5.74, 6) is 0. The fourth-order valence-corrected chi connectivity index (χ4v) is 1.09. The number of hydrogen-bond acceptors (Lipinski definition) is 3. The number of aliphatic hydroxyl groups excluding tert-OH is 2. The van der Waals surface area contributed by atoms with Gasteiger partial charge in [-0.1, -0.05) is 20.8 Å². The molecule has 0 rings (SSSR count). The highest BCUT2D eigenvalue weighted by Gasteiger charge is 2.28. The molecule has 0 spiro atoms. The van der Waals surface area contributed by atoms with E-state index >= 15 is 0 Å². The van der Waals surface area contributed by atoms with Crippen LogP contribution in [0.2, 0.25) is 0 Å². The molecule has 0 amide bonds. The molecule has 0 fully saturated rings. The third-order valence-corrected chi connectivity index (χ3v) is 1.93. The molecule has 0 radical (unpaired) electrons. The van der Waals surface area contributed by atoms with Gasteiger partial charge in [-0.15, -0.1) is 0 Å². The van der Waals surface area contributed by atoms with Gasteiger partial charge in [0.15, 0.2) is 0 Å². The molecule has 0 aromatic heterocycles. The lowest BCUT2D eigenvalue weighted by Gasteiger charge is -2.31. The first-order valence-electron chi connectivity index (χ1n) is 4.73. The molecule has 3 unspecified atom stereocenters. The van der Waals surface area contributed by atoms with Crippen LogP contribution in [0.4, 0.5) is 0 Å². The van der Waals surface area contributed by atoms with Gasteiger partial charge in [-0.05, 0) is 19.3 Å². The van der Waals surface area contributed by atoms with Gasteiger partial charge < -0.3 is 14.9 Å². The summed E-state index contributed by atoms with van der Waals surface area (Å²) in [6.07, 6.45) is -1.23. The van der Waals surface area contributed by atoms with E-state index in [1.54, 1.807) is 6.92 Å². The van der Waals surface area contributed by atoms with Crippen LogP contribution in [-0.2, 0) is 4.74 Å². The summed E-state index contributed by atoms with van der Waals surface area (Å²) in [5.41, 5.74) is -0.182. The second-order valence-corrected chi connectivity index (χ2v) is 4.70. The van der Waals surface area contributed by atoms with Crippen LogP contribution in [0.5, 0.6) is 0 Å². The van der Waals surface area contributed by atoms with E-state index < -0.39 is 12.2 Å². The highest BCUT2D eigenvalue weighted by Crippen LogP contribution is 2.23. The molecule has 3 heteroatoms. The van der Waals surface area contributed by atoms with Gasteiger partial charge in [0, 0.05) is 0 Å². The summed E-state index contributed by atoms with van der Waals surface area (Å²) in [7, 11) is 0. The number of rotatable bonds is 4. The first kappa shape index (κ1) is 12.9. The zero-order chi connectivity index (χ0) is 10.6. The molecule has 0 heterocycles. The molecule has 13 heavy (non-hydrogen) atoms. The van der Waals surface area contributed by atoms with Crippen LogP contribution in [-0.4, -0.2) is 35.1 Å². The maximum atomic E-state index is 9.76. The van der Waals surface area contributed by atoms with Crippen molar-refractivity contribution in [1.29, 1.82) is 0 Å². The Morgan fingerprint density at radius 1 is 1.15 bits per heavy atom. The summed E-state index contributed by atoms with van der Waals surface area (Å²) < 4.78 is 5.29. The van der Waals surface area contributed by atoms with Crippen molar-refractivity contribution >= 4 is 0 Å². The van der Waals surface area contributed by atoms with Crippen molar-refractivity contribution in [2.45, 2.75) is 52.9 Å². The Bertz CT molecular complexity index is 138. The molecule has 0 saturated heterocycles. The predicted octanol–water partition coefficient (Wildman–Crippen LogP) is 1.18. The van der Waals surface area contributed by atoms with Gasteiger partial charge in [0.25, 0.3) is 0 Å². The van der Waals surface area contributed by atoms with Crippen molar-refractivity contribution in [1.82, 2.24) is 0 Å². The second kappa shape index (κ2) is 4.94. The Labute approximate surface area is 80.7 Å². The fraction of sp³-hybridized carbons (Fsp3) is 1.00. The highest BCUT2D eigenvalue weighted by atomic mass is 16.5. The molecule has 0 saturated carbocycles. The molecule has 3 atom stereocenters. The Hall–Kier alpha value is -0.120. The van der Waals surface area contributed by atoms with E-state index in [4.69, 9.17) is 9.84 Å². The van der Waals surface area contributed by atoms with Crippen LogP contribution in [0.15, 0.2) is 0 Å². The van der Waals surface area contributed by atoms with E-state index in [2.05, 4.69) is 0 Å². The minimum absolute atomic E-state index is 0.182. The van der Waals surface area contributed by atoms with Crippen LogP contribution < -0.4 is 0 Å². The van der Waals surface area contributed by atoms with E-state index in [9.17, 15) is 5.11 Å². The normalized spacial score (nSPS) is 19.6. The van der Waals surface area contributed by atoms with Crippen molar-refractivity contribution in [2.75, 3.05) is 6.61 Å². The Kier molecular flexibility index (Phi) is 4.89. The average Bonchev–Trinajstić information content (AvgIpc) is 1.96. The number of aliphatic hydroxyl groups is 2.